The van der Waals surface area contributed by atoms with Crippen LogP contribution in [0, 0.1) is 6.92 Å². The highest BCUT2D eigenvalue weighted by Crippen LogP contribution is 2.40. The molecule has 1 aromatic carbocycles. The van der Waals surface area contributed by atoms with Gasteiger partial charge < -0.3 is 9.73 Å². The van der Waals surface area contributed by atoms with E-state index in [4.69, 9.17) is 4.42 Å². The largest absolute Gasteiger partial charge is 0.435 e. The van der Waals surface area contributed by atoms with Gasteiger partial charge in [-0.25, -0.2) is 4.98 Å². The Hall–Kier alpha value is -2.14. The average Bonchev–Trinajstić information content (AvgIpc) is 3.29. The highest BCUT2D eigenvalue weighted by Gasteiger charge is 2.33. The van der Waals surface area contributed by atoms with Crippen molar-refractivity contribution in [1.29, 1.82) is 0 Å². The van der Waals surface area contributed by atoms with Crippen LogP contribution in [0.15, 0.2) is 34.7 Å². The Labute approximate surface area is 148 Å². The number of carbonyl (C=O) groups excluding carboxylic acids is 1. The molecular weight excluding hydrogens is 314 g/mol. The maximum Gasteiger partial charge on any atom is 0.289 e. The van der Waals surface area contributed by atoms with Gasteiger partial charge in [0.1, 0.15) is 0 Å². The van der Waals surface area contributed by atoms with Gasteiger partial charge in [-0.2, -0.15) is 0 Å². The van der Waals surface area contributed by atoms with Crippen molar-refractivity contribution in [1.82, 2.24) is 15.2 Å². The molecule has 1 aliphatic carbocycles. The van der Waals surface area contributed by atoms with E-state index in [1.54, 1.807) is 0 Å². The van der Waals surface area contributed by atoms with Crippen molar-refractivity contribution in [2.75, 3.05) is 6.54 Å². The third-order valence-electron chi connectivity index (χ3n) is 5.21. The highest BCUT2D eigenvalue weighted by atomic mass is 16.4. The first kappa shape index (κ1) is 16.3. The van der Waals surface area contributed by atoms with Gasteiger partial charge in [0.05, 0.1) is 5.69 Å². The third-order valence-corrected chi connectivity index (χ3v) is 5.21. The van der Waals surface area contributed by atoms with Gasteiger partial charge in [0, 0.05) is 31.1 Å². The van der Waals surface area contributed by atoms with Crippen LogP contribution in [0.2, 0.25) is 0 Å². The fourth-order valence-corrected chi connectivity index (χ4v) is 3.63. The van der Waals surface area contributed by atoms with Crippen LogP contribution in [0.3, 0.4) is 0 Å². The number of benzene rings is 1. The number of nitrogens with zero attached hydrogens (tertiary/aromatic N) is 2. The molecule has 1 aliphatic heterocycles. The number of aromatic nitrogens is 1. The number of aryl methyl sites for hydroxylation is 1. The van der Waals surface area contributed by atoms with E-state index < -0.39 is 0 Å². The predicted molar refractivity (Wildman–Crippen MR) is 95.4 cm³/mol. The number of hydrogen-bond donors (Lipinski definition) is 1. The Balaban J connectivity index is 1.37. The number of amides is 1. The van der Waals surface area contributed by atoms with Gasteiger partial charge in [0.2, 0.25) is 5.76 Å². The van der Waals surface area contributed by atoms with Gasteiger partial charge in [-0.1, -0.05) is 30.3 Å². The molecule has 0 radical (unpaired) electrons. The quantitative estimate of drug-likeness (QED) is 0.908. The average molecular weight is 339 g/mol. The highest BCUT2D eigenvalue weighted by molar-refractivity contribution is 5.92. The molecule has 132 valence electrons. The Bertz CT molecular complexity index is 752. The minimum atomic E-state index is -0.129. The summed E-state index contributed by atoms with van der Waals surface area (Å²) in [6.45, 7) is 5.86. The van der Waals surface area contributed by atoms with Crippen molar-refractivity contribution < 1.29 is 9.21 Å². The molecule has 1 saturated heterocycles. The van der Waals surface area contributed by atoms with E-state index in [2.05, 4.69) is 46.4 Å². The van der Waals surface area contributed by atoms with Crippen molar-refractivity contribution in [2.24, 2.45) is 0 Å². The van der Waals surface area contributed by atoms with Crippen molar-refractivity contribution >= 4 is 5.91 Å². The molecule has 2 aromatic rings. The molecule has 0 unspecified atom stereocenters. The van der Waals surface area contributed by atoms with Crippen molar-refractivity contribution in [2.45, 2.75) is 57.7 Å². The second-order valence-electron chi connectivity index (χ2n) is 7.41. The molecular formula is C20H25N3O2. The molecule has 1 amide bonds. The molecule has 5 heteroatoms. The van der Waals surface area contributed by atoms with Crippen molar-refractivity contribution in [3.8, 4) is 0 Å². The minimum Gasteiger partial charge on any atom is -0.435 e. The summed E-state index contributed by atoms with van der Waals surface area (Å²) in [5.74, 6) is 1.41. The van der Waals surface area contributed by atoms with Crippen LogP contribution in [0.4, 0.5) is 0 Å². The Kier molecular flexibility index (Phi) is 4.34. The normalized spacial score (nSPS) is 23.8. The lowest BCUT2D eigenvalue weighted by atomic mass is 10.2. The lowest BCUT2D eigenvalue weighted by molar-refractivity contribution is 0.0907. The second-order valence-corrected chi connectivity index (χ2v) is 7.41. The van der Waals surface area contributed by atoms with E-state index in [0.717, 1.165) is 38.2 Å². The van der Waals surface area contributed by atoms with Crippen LogP contribution < -0.4 is 5.32 Å². The van der Waals surface area contributed by atoms with Crippen molar-refractivity contribution in [3.63, 3.8) is 0 Å². The van der Waals surface area contributed by atoms with E-state index in [1.807, 2.05) is 13.0 Å². The molecule has 1 aromatic heterocycles. The van der Waals surface area contributed by atoms with Gasteiger partial charge in [-0.05, 0) is 38.7 Å². The first-order valence-electron chi connectivity index (χ1n) is 9.16. The molecule has 2 heterocycles. The molecule has 2 atom stereocenters. The van der Waals surface area contributed by atoms with Gasteiger partial charge >= 0.3 is 0 Å². The molecule has 0 bridgehead atoms. The molecule has 2 fully saturated rings. The topological polar surface area (TPSA) is 58.4 Å². The zero-order valence-corrected chi connectivity index (χ0v) is 14.9. The molecule has 5 nitrogen and oxygen atoms in total. The van der Waals surface area contributed by atoms with E-state index in [-0.39, 0.29) is 11.9 Å². The van der Waals surface area contributed by atoms with Crippen LogP contribution >= 0.6 is 0 Å². The number of nitrogens with one attached hydrogen (secondary N) is 1. The Morgan fingerprint density at radius 3 is 2.80 bits per heavy atom. The summed E-state index contributed by atoms with van der Waals surface area (Å²) in [6.07, 6.45) is 3.20. The van der Waals surface area contributed by atoms with E-state index in [9.17, 15) is 4.79 Å². The SMILES string of the molecule is Cc1nc(C2CC2)oc1C(=O)N[C@H]1C[C@H](C)N(Cc2ccccc2)C1. The Morgan fingerprint density at radius 2 is 2.08 bits per heavy atom. The number of rotatable bonds is 5. The summed E-state index contributed by atoms with van der Waals surface area (Å²) in [5.41, 5.74) is 2.01. The fraction of sp³-hybridized carbons (Fsp3) is 0.500. The van der Waals surface area contributed by atoms with Gasteiger partial charge in [-0.3, -0.25) is 9.69 Å². The lowest BCUT2D eigenvalue weighted by Crippen LogP contribution is -2.37. The zero-order chi connectivity index (χ0) is 17.4. The number of carbonyl (C=O) groups is 1. The van der Waals surface area contributed by atoms with Crippen LogP contribution in [0.5, 0.6) is 0 Å². The molecule has 1 N–H and O–H groups in total. The minimum absolute atomic E-state index is 0.129. The van der Waals surface area contributed by atoms with Crippen molar-refractivity contribution in [3.05, 3.63) is 53.2 Å². The summed E-state index contributed by atoms with van der Waals surface area (Å²) in [6, 6.07) is 11.1. The molecule has 4 rings (SSSR count). The molecule has 1 saturated carbocycles. The summed E-state index contributed by atoms with van der Waals surface area (Å²) in [5, 5.41) is 3.14. The molecule has 0 spiro atoms. The van der Waals surface area contributed by atoms with E-state index in [0.29, 0.717) is 23.4 Å². The van der Waals surface area contributed by atoms with Crippen LogP contribution in [-0.4, -0.2) is 34.4 Å². The molecule has 25 heavy (non-hydrogen) atoms. The number of hydrogen-bond acceptors (Lipinski definition) is 4. The summed E-state index contributed by atoms with van der Waals surface area (Å²) in [7, 11) is 0. The van der Waals surface area contributed by atoms with Gasteiger partial charge in [0.25, 0.3) is 5.91 Å². The standard InChI is InChI=1S/C20H25N3O2/c1-13-10-17(12-23(13)11-15-6-4-3-5-7-15)22-19(24)18-14(2)21-20(25-18)16-8-9-16/h3-7,13,16-17H,8-12H2,1-2H3,(H,22,24)/t13-,17-/m0/s1. The maximum atomic E-state index is 12.6. The maximum absolute atomic E-state index is 12.6. The predicted octanol–water partition coefficient (Wildman–Crippen LogP) is 3.25. The number of oxazole rings is 1. The van der Waals surface area contributed by atoms with E-state index in [1.165, 1.54) is 5.56 Å². The summed E-state index contributed by atoms with van der Waals surface area (Å²) >= 11 is 0. The summed E-state index contributed by atoms with van der Waals surface area (Å²) in [4.78, 5) is 19.4. The van der Waals surface area contributed by atoms with Crippen LogP contribution in [0.1, 0.15) is 59.8 Å². The van der Waals surface area contributed by atoms with Crippen LogP contribution in [-0.2, 0) is 6.54 Å². The smallest absolute Gasteiger partial charge is 0.289 e. The van der Waals surface area contributed by atoms with Gasteiger partial charge in [0.15, 0.2) is 5.89 Å². The second kappa shape index (κ2) is 6.64. The monoisotopic (exact) mass is 339 g/mol. The first-order chi connectivity index (χ1) is 12.1. The summed E-state index contributed by atoms with van der Waals surface area (Å²) < 4.78 is 5.72. The first-order valence-corrected chi connectivity index (χ1v) is 9.16. The molecule has 2 aliphatic rings. The van der Waals surface area contributed by atoms with Crippen LogP contribution in [0.25, 0.3) is 0 Å². The van der Waals surface area contributed by atoms with Gasteiger partial charge in [-0.15, -0.1) is 0 Å². The Morgan fingerprint density at radius 1 is 1.32 bits per heavy atom. The third kappa shape index (κ3) is 3.61. The zero-order valence-electron chi connectivity index (χ0n) is 14.9. The fourth-order valence-electron chi connectivity index (χ4n) is 3.63. The lowest BCUT2D eigenvalue weighted by Gasteiger charge is -2.20. The number of likely N-dealkylation sites (tertiary alicyclic amines) is 1. The van der Waals surface area contributed by atoms with E-state index >= 15 is 0 Å².